The summed E-state index contributed by atoms with van der Waals surface area (Å²) < 4.78 is 21.3. The summed E-state index contributed by atoms with van der Waals surface area (Å²) in [5.41, 5.74) is 0. The van der Waals surface area contributed by atoms with Gasteiger partial charge in [0.25, 0.3) is 0 Å². The highest BCUT2D eigenvalue weighted by molar-refractivity contribution is 7.93. The monoisotopic (exact) mass is 151 g/mol. The Morgan fingerprint density at radius 2 is 2.33 bits per heavy atom. The van der Waals surface area contributed by atoms with E-state index < -0.39 is 9.99 Å². The van der Waals surface area contributed by atoms with Crippen LogP contribution in [0.3, 0.4) is 0 Å². The molecule has 0 rings (SSSR count). The first-order chi connectivity index (χ1) is 4.06. The summed E-state index contributed by atoms with van der Waals surface area (Å²) in [5.74, 6) is 3.01. The third kappa shape index (κ3) is 7.94. The zero-order chi connectivity index (χ0) is 7.33. The maximum absolute atomic E-state index is 10.4. The van der Waals surface area contributed by atoms with Crippen LogP contribution in [-0.2, 0) is 9.99 Å². The number of nitrogens with one attached hydrogen (secondary N) is 1. The van der Waals surface area contributed by atoms with Crippen LogP contribution < -0.4 is 4.72 Å². The van der Waals surface area contributed by atoms with Gasteiger partial charge in [0.1, 0.15) is 9.99 Å². The van der Waals surface area contributed by atoms with Crippen LogP contribution in [0.2, 0.25) is 0 Å². The molecule has 56 valence electrons. The molecular weight excluding hydrogens is 138 g/mol. The molecule has 1 atom stereocenters. The molecule has 0 aliphatic rings. The van der Waals surface area contributed by atoms with Crippen LogP contribution in [0.1, 0.15) is 19.8 Å². The van der Waals surface area contributed by atoms with Gasteiger partial charge in [-0.1, -0.05) is 13.3 Å². The lowest BCUT2D eigenvalue weighted by molar-refractivity contribution is 0.542. The quantitative estimate of drug-likeness (QED) is 0.453. The Labute approximate surface area is 56.4 Å². The lowest BCUT2D eigenvalue weighted by Crippen LogP contribution is -2.22. The number of unbranched alkanes of at least 4 members (excludes halogenated alkanes) is 1. The minimum atomic E-state index is -2.95. The first-order valence-corrected chi connectivity index (χ1v) is 4.59. The van der Waals surface area contributed by atoms with Gasteiger partial charge in [0.15, 0.2) is 0 Å². The van der Waals surface area contributed by atoms with Gasteiger partial charge in [-0.25, -0.2) is 8.93 Å². The molecule has 0 fully saturated rings. The Kier molecular flexibility index (Phi) is 3.84. The number of hydrogen-bond acceptors (Lipinski definition) is 1. The molecule has 0 spiro atoms. The van der Waals surface area contributed by atoms with Gasteiger partial charge in [-0.15, -0.1) is 0 Å². The molecule has 0 bridgehead atoms. The summed E-state index contributed by atoms with van der Waals surface area (Å²) in [7, 11) is -2.95. The molecule has 9 heavy (non-hydrogen) atoms. The van der Waals surface area contributed by atoms with Gasteiger partial charge >= 0.3 is 0 Å². The van der Waals surface area contributed by atoms with Crippen LogP contribution >= 0.6 is 0 Å². The van der Waals surface area contributed by atoms with Crippen molar-refractivity contribution in [3.8, 4) is 0 Å². The predicted octanol–water partition coefficient (Wildman–Crippen LogP) is 0.480. The van der Waals surface area contributed by atoms with Crippen molar-refractivity contribution in [2.75, 3.05) is 6.54 Å². The number of hydrogen-bond donors (Lipinski definition) is 2. The molecule has 1 unspecified atom stereocenters. The van der Waals surface area contributed by atoms with Crippen molar-refractivity contribution in [1.29, 1.82) is 0 Å². The molecule has 0 aliphatic carbocycles. The van der Waals surface area contributed by atoms with E-state index in [1.54, 1.807) is 0 Å². The zero-order valence-corrected chi connectivity index (χ0v) is 6.41. The fraction of sp³-hybridized carbons (Fsp3) is 0.800. The van der Waals surface area contributed by atoms with E-state index in [9.17, 15) is 4.21 Å². The summed E-state index contributed by atoms with van der Waals surface area (Å²) in [6.07, 6.45) is 1.93. The first kappa shape index (κ1) is 8.94. The summed E-state index contributed by atoms with van der Waals surface area (Å²) in [5, 5.41) is 0. The van der Waals surface area contributed by atoms with Crippen LogP contribution in [0.5, 0.6) is 0 Å². The van der Waals surface area contributed by atoms with Gasteiger partial charge in [-0.2, -0.15) is 0 Å². The molecule has 0 saturated heterocycles. The van der Waals surface area contributed by atoms with Crippen LogP contribution in [0, 0.1) is 0 Å². The van der Waals surface area contributed by atoms with Gasteiger partial charge in [-0.3, -0.25) is 0 Å². The SMILES string of the molecule is C=S(=O)(O)NCCCC. The van der Waals surface area contributed by atoms with Gasteiger partial charge in [-0.05, 0) is 12.3 Å². The molecule has 0 heterocycles. The average Bonchev–Trinajstić information content (AvgIpc) is 1.63. The van der Waals surface area contributed by atoms with Crippen molar-refractivity contribution in [1.82, 2.24) is 4.72 Å². The molecule has 3 nitrogen and oxygen atoms in total. The molecule has 0 aliphatic heterocycles. The number of rotatable bonds is 4. The second kappa shape index (κ2) is 3.87. The largest absolute Gasteiger partial charge is 0.303 e. The van der Waals surface area contributed by atoms with E-state index in [1.807, 2.05) is 6.92 Å². The zero-order valence-electron chi connectivity index (χ0n) is 5.59. The Hall–Kier alpha value is -0.0600. The van der Waals surface area contributed by atoms with Crippen LogP contribution in [0.4, 0.5) is 0 Å². The fourth-order valence-electron chi connectivity index (χ4n) is 0.408. The Morgan fingerprint density at radius 3 is 2.67 bits per heavy atom. The third-order valence-corrected chi connectivity index (χ3v) is 1.51. The van der Waals surface area contributed by atoms with E-state index in [0.717, 1.165) is 12.8 Å². The molecular formula is C5H13NO2S. The first-order valence-electron chi connectivity index (χ1n) is 2.90. The summed E-state index contributed by atoms with van der Waals surface area (Å²) in [4.78, 5) is 0. The van der Waals surface area contributed by atoms with Crippen LogP contribution in [-0.4, -0.2) is 21.2 Å². The van der Waals surface area contributed by atoms with E-state index >= 15 is 0 Å². The summed E-state index contributed by atoms with van der Waals surface area (Å²) in [6.45, 7) is 2.58. The van der Waals surface area contributed by atoms with E-state index in [4.69, 9.17) is 4.55 Å². The highest BCUT2D eigenvalue weighted by Crippen LogP contribution is 1.83. The van der Waals surface area contributed by atoms with E-state index in [1.165, 1.54) is 0 Å². The maximum Gasteiger partial charge on any atom is 0.138 e. The van der Waals surface area contributed by atoms with Crippen LogP contribution in [0.15, 0.2) is 0 Å². The summed E-state index contributed by atoms with van der Waals surface area (Å²) in [6, 6.07) is 0. The highest BCUT2D eigenvalue weighted by atomic mass is 32.2. The van der Waals surface area contributed by atoms with Gasteiger partial charge < -0.3 is 4.55 Å². The van der Waals surface area contributed by atoms with Crippen molar-refractivity contribution >= 4 is 15.9 Å². The van der Waals surface area contributed by atoms with Crippen LogP contribution in [0.25, 0.3) is 0 Å². The second-order valence-corrected chi connectivity index (χ2v) is 3.46. The van der Waals surface area contributed by atoms with Crippen molar-refractivity contribution in [2.24, 2.45) is 0 Å². The van der Waals surface area contributed by atoms with Gasteiger partial charge in [0.05, 0.1) is 0 Å². The molecule has 0 aromatic heterocycles. The lowest BCUT2D eigenvalue weighted by atomic mass is 10.3. The Balaban J connectivity index is 3.30. The molecule has 0 amide bonds. The van der Waals surface area contributed by atoms with Crippen molar-refractivity contribution in [2.45, 2.75) is 19.8 Å². The molecule has 0 saturated carbocycles. The normalized spacial score (nSPS) is 17.1. The van der Waals surface area contributed by atoms with Gasteiger partial charge in [0, 0.05) is 6.54 Å². The maximum atomic E-state index is 10.4. The van der Waals surface area contributed by atoms with E-state index in [0.29, 0.717) is 6.54 Å². The second-order valence-electron chi connectivity index (χ2n) is 1.89. The lowest BCUT2D eigenvalue weighted by Gasteiger charge is -2.01. The Bertz CT molecular complexity index is 150. The smallest absolute Gasteiger partial charge is 0.138 e. The van der Waals surface area contributed by atoms with E-state index in [2.05, 4.69) is 10.6 Å². The predicted molar refractivity (Wildman–Crippen MR) is 40.8 cm³/mol. The molecule has 0 aromatic carbocycles. The molecule has 2 N–H and O–H groups in total. The van der Waals surface area contributed by atoms with Crippen molar-refractivity contribution in [3.63, 3.8) is 0 Å². The van der Waals surface area contributed by atoms with Gasteiger partial charge in [0.2, 0.25) is 0 Å². The minimum Gasteiger partial charge on any atom is -0.303 e. The highest BCUT2D eigenvalue weighted by Gasteiger charge is 1.91. The average molecular weight is 151 g/mol. The molecule has 0 radical (unpaired) electrons. The Morgan fingerprint density at radius 1 is 1.78 bits per heavy atom. The topological polar surface area (TPSA) is 49.3 Å². The third-order valence-electron chi connectivity index (χ3n) is 0.858. The molecule has 0 aromatic rings. The standard InChI is InChI=1S/C5H13NO2S/c1-3-4-5-6-9(2,7)8/h2-5H2,1H3,(H2,6,7,8). The summed E-state index contributed by atoms with van der Waals surface area (Å²) >= 11 is 0. The fourth-order valence-corrected chi connectivity index (χ4v) is 0.872. The van der Waals surface area contributed by atoms with E-state index in [-0.39, 0.29) is 0 Å². The van der Waals surface area contributed by atoms with Crippen molar-refractivity contribution < 1.29 is 8.76 Å². The minimum absolute atomic E-state index is 0.565. The van der Waals surface area contributed by atoms with Crippen molar-refractivity contribution in [3.05, 3.63) is 0 Å². The molecule has 4 heteroatoms.